The summed E-state index contributed by atoms with van der Waals surface area (Å²) < 4.78 is 57.5. The predicted octanol–water partition coefficient (Wildman–Crippen LogP) is 6.13. The minimum Gasteiger partial charge on any atom is -0.269 e. The van der Waals surface area contributed by atoms with Crippen LogP contribution in [0.5, 0.6) is 0 Å². The number of hydrogen-bond donors (Lipinski definition) is 1. The highest BCUT2D eigenvalue weighted by Crippen LogP contribution is 2.38. The van der Waals surface area contributed by atoms with Crippen molar-refractivity contribution in [2.45, 2.75) is 25.7 Å². The average molecular weight is 491 g/mol. The first-order valence-corrected chi connectivity index (χ1v) is 12.6. The minimum atomic E-state index is -3.84. The zero-order chi connectivity index (χ0) is 23.6. The van der Waals surface area contributed by atoms with Crippen LogP contribution in [0.25, 0.3) is 0 Å². The first kappa shape index (κ1) is 23.7. The molecule has 4 nitrogen and oxygen atoms in total. The molecule has 1 N–H and O–H groups in total. The van der Waals surface area contributed by atoms with Crippen LogP contribution in [0.1, 0.15) is 35.4 Å². The lowest BCUT2D eigenvalue weighted by Crippen LogP contribution is -2.44. The molecule has 1 saturated heterocycles. The fraction of sp³-hybridized carbons (Fsp3) is 0.280. The lowest BCUT2D eigenvalue weighted by molar-refractivity contribution is 0.250. The second-order valence-electron chi connectivity index (χ2n) is 8.43. The summed E-state index contributed by atoms with van der Waals surface area (Å²) >= 11 is 6.23. The number of rotatable bonds is 6. The largest absolute Gasteiger partial charge is 0.301 e. The zero-order valence-corrected chi connectivity index (χ0v) is 19.7. The first-order valence-electron chi connectivity index (χ1n) is 10.8. The molecule has 1 aliphatic heterocycles. The molecule has 8 heteroatoms. The summed E-state index contributed by atoms with van der Waals surface area (Å²) in [6, 6.07) is 17.6. The van der Waals surface area contributed by atoms with E-state index in [2.05, 4.69) is 4.72 Å². The van der Waals surface area contributed by atoms with Crippen molar-refractivity contribution in [1.82, 2.24) is 4.31 Å². The molecule has 174 valence electrons. The lowest BCUT2D eigenvalue weighted by atomic mass is 9.77. The van der Waals surface area contributed by atoms with Crippen LogP contribution >= 0.6 is 11.6 Å². The van der Waals surface area contributed by atoms with Crippen molar-refractivity contribution in [3.63, 3.8) is 0 Å². The van der Waals surface area contributed by atoms with Gasteiger partial charge in [0.05, 0.1) is 10.7 Å². The summed E-state index contributed by atoms with van der Waals surface area (Å²) in [6.07, 6.45) is 1.46. The van der Waals surface area contributed by atoms with Gasteiger partial charge in [-0.05, 0) is 78.8 Å². The molecule has 1 unspecified atom stereocenters. The third-order valence-corrected chi connectivity index (χ3v) is 7.86. The molecule has 0 aliphatic carbocycles. The molecule has 4 rings (SSSR count). The van der Waals surface area contributed by atoms with Gasteiger partial charge in [0.25, 0.3) is 0 Å². The van der Waals surface area contributed by atoms with Gasteiger partial charge in [0, 0.05) is 19.0 Å². The summed E-state index contributed by atoms with van der Waals surface area (Å²) in [4.78, 5) is 0. The molecular formula is C25H25ClF2N2O2S. The molecule has 3 aromatic carbocycles. The summed E-state index contributed by atoms with van der Waals surface area (Å²) in [5.41, 5.74) is 2.99. The van der Waals surface area contributed by atoms with Crippen LogP contribution in [-0.4, -0.2) is 25.8 Å². The Bertz CT molecular complexity index is 1170. The Hall–Kier alpha value is -2.48. The van der Waals surface area contributed by atoms with Crippen LogP contribution in [0.15, 0.2) is 66.7 Å². The Labute approximate surface area is 198 Å². The van der Waals surface area contributed by atoms with Gasteiger partial charge in [-0.25, -0.2) is 8.78 Å². The maximum atomic E-state index is 13.6. The molecule has 0 spiro atoms. The predicted molar refractivity (Wildman–Crippen MR) is 128 cm³/mol. The van der Waals surface area contributed by atoms with Crippen molar-refractivity contribution < 1.29 is 17.2 Å². The van der Waals surface area contributed by atoms with E-state index in [-0.39, 0.29) is 30.0 Å². The molecule has 0 saturated carbocycles. The van der Waals surface area contributed by atoms with Gasteiger partial charge in [-0.1, -0.05) is 41.9 Å². The molecule has 1 fully saturated rings. The molecule has 1 atom stereocenters. The molecule has 1 aliphatic rings. The van der Waals surface area contributed by atoms with E-state index in [4.69, 9.17) is 11.6 Å². The minimum absolute atomic E-state index is 0.0697. The van der Waals surface area contributed by atoms with Crippen molar-refractivity contribution in [2.75, 3.05) is 17.8 Å². The van der Waals surface area contributed by atoms with Crippen molar-refractivity contribution in [3.8, 4) is 0 Å². The van der Waals surface area contributed by atoms with E-state index < -0.39 is 10.2 Å². The molecule has 33 heavy (non-hydrogen) atoms. The molecule has 0 radical (unpaired) electrons. The van der Waals surface area contributed by atoms with Gasteiger partial charge in [-0.3, -0.25) is 4.72 Å². The third kappa shape index (κ3) is 5.54. The highest BCUT2D eigenvalue weighted by molar-refractivity contribution is 7.90. The third-order valence-electron chi connectivity index (χ3n) is 6.05. The number of nitrogens with one attached hydrogen (secondary N) is 1. The SMILES string of the molecule is Cc1ccc(NS(=O)(=O)N2CCCC(C(c3ccc(F)cc3)c3ccc(F)cc3)C2)c(Cl)c1. The topological polar surface area (TPSA) is 49.4 Å². The summed E-state index contributed by atoms with van der Waals surface area (Å²) in [7, 11) is -3.84. The second-order valence-corrected chi connectivity index (χ2v) is 10.5. The number of anilines is 1. The number of hydrogen-bond acceptors (Lipinski definition) is 2. The Balaban J connectivity index is 1.62. The average Bonchev–Trinajstić information content (AvgIpc) is 2.79. The lowest BCUT2D eigenvalue weighted by Gasteiger charge is -2.37. The molecular weight excluding hydrogens is 466 g/mol. The number of benzene rings is 3. The van der Waals surface area contributed by atoms with E-state index in [0.717, 1.165) is 23.1 Å². The van der Waals surface area contributed by atoms with E-state index in [1.165, 1.54) is 28.6 Å². The maximum Gasteiger partial charge on any atom is 0.301 e. The number of nitrogens with zero attached hydrogens (tertiary/aromatic N) is 1. The highest BCUT2D eigenvalue weighted by Gasteiger charge is 2.34. The van der Waals surface area contributed by atoms with E-state index in [0.29, 0.717) is 23.7 Å². The Morgan fingerprint density at radius 2 is 1.55 bits per heavy atom. The van der Waals surface area contributed by atoms with Gasteiger partial charge in [0.1, 0.15) is 11.6 Å². The first-order chi connectivity index (χ1) is 15.7. The van der Waals surface area contributed by atoms with Crippen LogP contribution in [0.2, 0.25) is 5.02 Å². The van der Waals surface area contributed by atoms with Gasteiger partial charge in [0.2, 0.25) is 0 Å². The smallest absolute Gasteiger partial charge is 0.269 e. The summed E-state index contributed by atoms with van der Waals surface area (Å²) in [5.74, 6) is -0.959. The highest BCUT2D eigenvalue weighted by atomic mass is 35.5. The quantitative estimate of drug-likeness (QED) is 0.452. The number of piperidine rings is 1. The summed E-state index contributed by atoms with van der Waals surface area (Å²) in [6.45, 7) is 2.54. The van der Waals surface area contributed by atoms with Crippen LogP contribution in [0, 0.1) is 24.5 Å². The van der Waals surface area contributed by atoms with E-state index in [9.17, 15) is 17.2 Å². The fourth-order valence-corrected chi connectivity index (χ4v) is 6.13. The van der Waals surface area contributed by atoms with Crippen molar-refractivity contribution in [2.24, 2.45) is 5.92 Å². The Kier molecular flexibility index (Phi) is 7.02. The molecule has 0 bridgehead atoms. The van der Waals surface area contributed by atoms with Crippen LogP contribution in [0.4, 0.5) is 14.5 Å². The number of halogens is 3. The normalized spacial score (nSPS) is 17.3. The standard InChI is InChI=1S/C25H25ClF2N2O2S/c1-17-4-13-24(23(26)15-17)29-33(31,32)30-14-2-3-20(16-30)25(18-5-9-21(27)10-6-18)19-7-11-22(28)12-8-19/h4-13,15,20,25,29H,2-3,14,16H2,1H3. The van der Waals surface area contributed by atoms with Gasteiger partial charge in [-0.2, -0.15) is 12.7 Å². The van der Waals surface area contributed by atoms with Crippen molar-refractivity contribution in [3.05, 3.63) is 100 Å². The van der Waals surface area contributed by atoms with E-state index in [1.54, 1.807) is 42.5 Å². The van der Waals surface area contributed by atoms with Gasteiger partial charge in [-0.15, -0.1) is 0 Å². The van der Waals surface area contributed by atoms with E-state index >= 15 is 0 Å². The van der Waals surface area contributed by atoms with Crippen LogP contribution < -0.4 is 4.72 Å². The van der Waals surface area contributed by atoms with E-state index in [1.807, 2.05) is 6.92 Å². The van der Waals surface area contributed by atoms with Crippen molar-refractivity contribution >= 4 is 27.5 Å². The second kappa shape index (κ2) is 9.79. The zero-order valence-electron chi connectivity index (χ0n) is 18.1. The van der Waals surface area contributed by atoms with Gasteiger partial charge < -0.3 is 0 Å². The molecule has 3 aromatic rings. The van der Waals surface area contributed by atoms with Gasteiger partial charge >= 0.3 is 10.2 Å². The monoisotopic (exact) mass is 490 g/mol. The van der Waals surface area contributed by atoms with Crippen molar-refractivity contribution in [1.29, 1.82) is 0 Å². The van der Waals surface area contributed by atoms with Crippen LogP contribution in [0.3, 0.4) is 0 Å². The van der Waals surface area contributed by atoms with Crippen LogP contribution in [-0.2, 0) is 10.2 Å². The number of aryl methyl sites for hydroxylation is 1. The maximum absolute atomic E-state index is 13.6. The molecule has 0 amide bonds. The Morgan fingerprint density at radius 1 is 0.970 bits per heavy atom. The Morgan fingerprint density at radius 3 is 2.09 bits per heavy atom. The summed E-state index contributed by atoms with van der Waals surface area (Å²) in [5, 5.41) is 0.336. The van der Waals surface area contributed by atoms with Gasteiger partial charge in [0.15, 0.2) is 0 Å². The molecule has 0 aromatic heterocycles. The molecule has 1 heterocycles. The fourth-order valence-electron chi connectivity index (χ4n) is 4.45.